The van der Waals surface area contributed by atoms with Gasteiger partial charge in [0.25, 0.3) is 0 Å². The molecule has 0 aromatic heterocycles. The molecule has 0 saturated heterocycles. The largest absolute Gasteiger partial charge is 0.242 e. The number of benzene rings is 2. The van der Waals surface area contributed by atoms with Crippen LogP contribution in [0.15, 0.2) is 42.5 Å². The van der Waals surface area contributed by atoms with Crippen LogP contribution in [-0.4, -0.2) is 30.6 Å². The number of rotatable bonds is 5. The smallest absolute Gasteiger partial charge is 0.100 e. The monoisotopic (exact) mass is 473 g/mol. The van der Waals surface area contributed by atoms with Crippen LogP contribution in [0.1, 0.15) is 90.6 Å². The quantitative estimate of drug-likeness (QED) is 0.412. The van der Waals surface area contributed by atoms with Crippen LogP contribution in [0.2, 0.25) is 0 Å². The Bertz CT molecular complexity index is 928. The summed E-state index contributed by atoms with van der Waals surface area (Å²) in [5.74, 6) is 0. The summed E-state index contributed by atoms with van der Waals surface area (Å²) in [6.07, 6.45) is 0. The van der Waals surface area contributed by atoms with Crippen molar-refractivity contribution in [3.63, 3.8) is 0 Å². The van der Waals surface area contributed by atoms with Crippen LogP contribution in [0.5, 0.6) is 0 Å². The van der Waals surface area contributed by atoms with E-state index in [4.69, 9.17) is 0 Å². The standard InChI is InChI=1S/C28H44NOPS/c1-20-17-21(2)19-22(18-20)25(29(12)32(30)28(9,10)11)23-15-13-14-16-24(23)31(26(3,4)5)27(6,7)8/h13-19,25H,1-12H3/t25-,32?/m1/s1. The molecule has 2 aromatic carbocycles. The molecule has 0 bridgehead atoms. The Morgan fingerprint density at radius 3 is 1.72 bits per heavy atom. The lowest BCUT2D eigenvalue weighted by molar-refractivity contribution is 0.441. The van der Waals surface area contributed by atoms with Gasteiger partial charge in [-0.15, -0.1) is 0 Å². The summed E-state index contributed by atoms with van der Waals surface area (Å²) in [6.45, 7) is 24.7. The predicted octanol–water partition coefficient (Wildman–Crippen LogP) is 7.49. The van der Waals surface area contributed by atoms with Gasteiger partial charge < -0.3 is 0 Å². The van der Waals surface area contributed by atoms with E-state index in [9.17, 15) is 4.21 Å². The van der Waals surface area contributed by atoms with E-state index < -0.39 is 18.9 Å². The fourth-order valence-corrected chi connectivity index (χ4v) is 10.4. The van der Waals surface area contributed by atoms with Gasteiger partial charge in [-0.2, -0.15) is 0 Å². The number of nitrogens with zero attached hydrogens (tertiary/aromatic N) is 1. The minimum absolute atomic E-state index is 0.0699. The van der Waals surface area contributed by atoms with Gasteiger partial charge in [0, 0.05) is 7.05 Å². The third-order valence-corrected chi connectivity index (χ3v) is 10.9. The molecule has 4 heteroatoms. The lowest BCUT2D eigenvalue weighted by atomic mass is 9.95. The number of hydrogen-bond acceptors (Lipinski definition) is 1. The fourth-order valence-electron chi connectivity index (χ4n) is 4.93. The normalized spacial score (nSPS) is 15.3. The van der Waals surface area contributed by atoms with Gasteiger partial charge in [0.1, 0.15) is 11.0 Å². The fraction of sp³-hybridized carbons (Fsp3) is 0.571. The Morgan fingerprint density at radius 2 is 1.28 bits per heavy atom. The highest BCUT2D eigenvalue weighted by molar-refractivity contribution is 7.84. The van der Waals surface area contributed by atoms with Crippen LogP contribution in [-0.2, 0) is 11.0 Å². The molecule has 0 saturated carbocycles. The van der Waals surface area contributed by atoms with Crippen molar-refractivity contribution in [3.8, 4) is 0 Å². The second kappa shape index (κ2) is 9.69. The summed E-state index contributed by atoms with van der Waals surface area (Å²) >= 11 is 0. The van der Waals surface area contributed by atoms with E-state index >= 15 is 0 Å². The van der Waals surface area contributed by atoms with Gasteiger partial charge >= 0.3 is 0 Å². The first-order valence-corrected chi connectivity index (χ1v) is 14.0. The minimum Gasteiger partial charge on any atom is -0.242 e. The van der Waals surface area contributed by atoms with Gasteiger partial charge in [0.2, 0.25) is 0 Å². The van der Waals surface area contributed by atoms with E-state index in [0.29, 0.717) is 0 Å². The third kappa shape index (κ3) is 6.31. The van der Waals surface area contributed by atoms with Gasteiger partial charge in [0.05, 0.1) is 10.8 Å². The van der Waals surface area contributed by atoms with E-state index in [1.54, 1.807) is 0 Å². The first-order chi connectivity index (χ1) is 14.4. The molecule has 0 N–H and O–H groups in total. The van der Waals surface area contributed by atoms with E-state index in [-0.39, 0.29) is 21.1 Å². The molecule has 0 heterocycles. The Hall–Kier alpha value is -1.02. The SMILES string of the molecule is Cc1cc(C)cc([C@H](c2ccccc2P(C(C)(C)C)C(C)(C)C)N(C)S(=O)C(C)(C)C)c1. The van der Waals surface area contributed by atoms with Crippen LogP contribution in [0.25, 0.3) is 0 Å². The van der Waals surface area contributed by atoms with E-state index in [1.165, 1.54) is 27.6 Å². The number of hydrogen-bond donors (Lipinski definition) is 0. The molecule has 2 nitrogen and oxygen atoms in total. The summed E-state index contributed by atoms with van der Waals surface area (Å²) in [6, 6.07) is 15.6. The molecule has 2 rings (SSSR count). The Morgan fingerprint density at radius 1 is 0.812 bits per heavy atom. The van der Waals surface area contributed by atoms with Crippen molar-refractivity contribution in [2.75, 3.05) is 7.05 Å². The van der Waals surface area contributed by atoms with Crippen LogP contribution in [0.3, 0.4) is 0 Å². The Labute approximate surface area is 201 Å². The van der Waals surface area contributed by atoms with Gasteiger partial charge in [-0.1, -0.05) is 103 Å². The van der Waals surface area contributed by atoms with Crippen molar-refractivity contribution in [3.05, 3.63) is 64.7 Å². The zero-order valence-electron chi connectivity index (χ0n) is 22.3. The topological polar surface area (TPSA) is 20.3 Å². The van der Waals surface area contributed by atoms with Gasteiger partial charge in [-0.05, 0) is 61.4 Å². The van der Waals surface area contributed by atoms with Gasteiger partial charge in [-0.25, -0.2) is 8.51 Å². The van der Waals surface area contributed by atoms with E-state index in [2.05, 4.69) is 123 Å². The first-order valence-electron chi connectivity index (χ1n) is 11.6. The van der Waals surface area contributed by atoms with Gasteiger partial charge in [0.15, 0.2) is 0 Å². The van der Waals surface area contributed by atoms with E-state index in [0.717, 1.165) is 0 Å². The van der Waals surface area contributed by atoms with Crippen LogP contribution < -0.4 is 5.30 Å². The zero-order valence-corrected chi connectivity index (χ0v) is 24.0. The zero-order chi connectivity index (χ0) is 24.6. The lowest BCUT2D eigenvalue weighted by Crippen LogP contribution is -2.40. The minimum atomic E-state index is -1.15. The molecule has 0 radical (unpaired) electrons. The lowest BCUT2D eigenvalue weighted by Gasteiger charge is -2.44. The molecule has 2 atom stereocenters. The summed E-state index contributed by atoms with van der Waals surface area (Å²) in [5.41, 5.74) is 4.99. The highest BCUT2D eigenvalue weighted by Crippen LogP contribution is 2.59. The molecule has 0 amide bonds. The highest BCUT2D eigenvalue weighted by atomic mass is 32.2. The van der Waals surface area contributed by atoms with E-state index in [1.807, 2.05) is 7.05 Å². The molecule has 0 aliphatic heterocycles. The van der Waals surface area contributed by atoms with Crippen LogP contribution in [0, 0.1) is 13.8 Å². The summed E-state index contributed by atoms with van der Waals surface area (Å²) in [5, 5.41) is 1.72. The summed E-state index contributed by atoms with van der Waals surface area (Å²) in [7, 11) is 0.381. The highest BCUT2D eigenvalue weighted by Gasteiger charge is 2.39. The number of aryl methyl sites for hydroxylation is 2. The van der Waals surface area contributed by atoms with Crippen molar-refractivity contribution >= 4 is 24.2 Å². The van der Waals surface area contributed by atoms with Crippen molar-refractivity contribution in [2.24, 2.45) is 0 Å². The molecule has 178 valence electrons. The van der Waals surface area contributed by atoms with Crippen molar-refractivity contribution < 1.29 is 4.21 Å². The summed E-state index contributed by atoms with van der Waals surface area (Å²) < 4.78 is 15.4. The average molecular weight is 474 g/mol. The molecular weight excluding hydrogens is 429 g/mol. The molecule has 32 heavy (non-hydrogen) atoms. The van der Waals surface area contributed by atoms with Gasteiger partial charge in [-0.3, -0.25) is 0 Å². The molecule has 0 fully saturated rings. The maximum absolute atomic E-state index is 13.6. The Balaban J connectivity index is 2.85. The molecular formula is C28H44NOPS. The predicted molar refractivity (Wildman–Crippen MR) is 146 cm³/mol. The van der Waals surface area contributed by atoms with Crippen molar-refractivity contribution in [1.29, 1.82) is 0 Å². The van der Waals surface area contributed by atoms with Crippen molar-refractivity contribution in [1.82, 2.24) is 4.31 Å². The van der Waals surface area contributed by atoms with Crippen LogP contribution in [0.4, 0.5) is 0 Å². The molecule has 0 aliphatic carbocycles. The second-order valence-corrected chi connectivity index (χ2v) is 18.1. The third-order valence-electron chi connectivity index (χ3n) is 5.52. The molecule has 0 aliphatic rings. The maximum atomic E-state index is 13.6. The second-order valence-electron chi connectivity index (χ2n) is 12.0. The molecule has 2 aromatic rings. The molecule has 0 spiro atoms. The average Bonchev–Trinajstić information content (AvgIpc) is 2.58. The first kappa shape index (κ1) is 27.2. The van der Waals surface area contributed by atoms with Crippen molar-refractivity contribution in [2.45, 2.75) is 97.3 Å². The van der Waals surface area contributed by atoms with Crippen LogP contribution >= 0.6 is 7.92 Å². The summed E-state index contributed by atoms with van der Waals surface area (Å²) in [4.78, 5) is 0. The molecule has 1 unspecified atom stereocenters. The maximum Gasteiger partial charge on any atom is 0.100 e. The Kier molecular flexibility index (Phi) is 8.24.